The maximum atomic E-state index is 13.5. The van der Waals surface area contributed by atoms with Gasteiger partial charge in [0.05, 0.1) is 21.7 Å². The lowest BCUT2D eigenvalue weighted by atomic mass is 10.2. The van der Waals surface area contributed by atoms with E-state index in [-0.39, 0.29) is 28.9 Å². The quantitative estimate of drug-likeness (QED) is 0.569. The Bertz CT molecular complexity index is 1340. The molecule has 0 spiro atoms. The average molecular weight is 444 g/mol. The van der Waals surface area contributed by atoms with Crippen molar-refractivity contribution in [3.63, 3.8) is 0 Å². The summed E-state index contributed by atoms with van der Waals surface area (Å²) < 4.78 is 42.4. The molecule has 1 fully saturated rings. The van der Waals surface area contributed by atoms with Gasteiger partial charge in [-0.15, -0.1) is 6.42 Å². The topological polar surface area (TPSA) is 71.7 Å². The second kappa shape index (κ2) is 7.80. The number of aromatic nitrogens is 1. The SMILES string of the molecule is C#CCn1c(=NC(=O)c2ccc(S(=O)(=O)N(C)C3CC3)cc2)sc2cc(F)ccc21. The van der Waals surface area contributed by atoms with Crippen LogP contribution in [-0.2, 0) is 16.6 Å². The first-order chi connectivity index (χ1) is 14.3. The number of thiazole rings is 1. The molecule has 0 atom stereocenters. The van der Waals surface area contributed by atoms with Crippen LogP contribution in [0.4, 0.5) is 4.39 Å². The van der Waals surface area contributed by atoms with Crippen molar-refractivity contribution in [1.29, 1.82) is 0 Å². The van der Waals surface area contributed by atoms with Crippen molar-refractivity contribution in [3.8, 4) is 12.3 Å². The zero-order valence-corrected chi connectivity index (χ0v) is 17.7. The number of nitrogens with zero attached hydrogens (tertiary/aromatic N) is 3. The van der Waals surface area contributed by atoms with Gasteiger partial charge in [0, 0.05) is 18.7 Å². The first-order valence-corrected chi connectivity index (χ1v) is 11.5. The Morgan fingerprint density at radius 1 is 1.30 bits per heavy atom. The van der Waals surface area contributed by atoms with E-state index in [2.05, 4.69) is 10.9 Å². The number of benzene rings is 2. The van der Waals surface area contributed by atoms with Crippen LogP contribution in [0.25, 0.3) is 10.2 Å². The van der Waals surface area contributed by atoms with Crippen molar-refractivity contribution in [1.82, 2.24) is 8.87 Å². The Morgan fingerprint density at radius 2 is 2.00 bits per heavy atom. The highest BCUT2D eigenvalue weighted by molar-refractivity contribution is 7.89. The Hall–Kier alpha value is -2.80. The standard InChI is InChI=1S/C21H18FN3O3S2/c1-3-12-25-18-11-6-15(22)13-19(18)29-21(25)23-20(26)14-4-9-17(10-5-14)30(27,28)24(2)16-7-8-16/h1,4-6,9-11,13,16H,7-8,12H2,2H3. The van der Waals surface area contributed by atoms with E-state index in [4.69, 9.17) is 6.42 Å². The lowest BCUT2D eigenvalue weighted by Crippen LogP contribution is -2.28. The average Bonchev–Trinajstić information content (AvgIpc) is 3.52. The molecule has 3 aromatic rings. The van der Waals surface area contributed by atoms with Crippen LogP contribution in [0.1, 0.15) is 23.2 Å². The minimum Gasteiger partial charge on any atom is -0.305 e. The monoisotopic (exact) mass is 443 g/mol. The van der Waals surface area contributed by atoms with Crippen LogP contribution in [0.5, 0.6) is 0 Å². The predicted molar refractivity (Wildman–Crippen MR) is 113 cm³/mol. The molecule has 1 aliphatic rings. The highest BCUT2D eigenvalue weighted by Gasteiger charge is 2.35. The molecule has 30 heavy (non-hydrogen) atoms. The van der Waals surface area contributed by atoms with E-state index in [1.165, 1.54) is 40.7 Å². The van der Waals surface area contributed by atoms with E-state index >= 15 is 0 Å². The molecule has 9 heteroatoms. The number of halogens is 1. The number of hydrogen-bond acceptors (Lipinski definition) is 4. The summed E-state index contributed by atoms with van der Waals surface area (Å²) in [5.41, 5.74) is 0.939. The number of amides is 1. The fraction of sp³-hybridized carbons (Fsp3) is 0.238. The van der Waals surface area contributed by atoms with E-state index in [1.807, 2.05) is 0 Å². The molecule has 1 saturated carbocycles. The van der Waals surface area contributed by atoms with Crippen LogP contribution in [0.15, 0.2) is 52.4 Å². The third kappa shape index (κ3) is 3.81. The van der Waals surface area contributed by atoms with Crippen molar-refractivity contribution in [2.45, 2.75) is 30.3 Å². The zero-order chi connectivity index (χ0) is 21.5. The number of fused-ring (bicyclic) bond motifs is 1. The summed E-state index contributed by atoms with van der Waals surface area (Å²) in [7, 11) is -2.02. The Labute approximate surface area is 177 Å². The third-order valence-electron chi connectivity index (χ3n) is 4.93. The highest BCUT2D eigenvalue weighted by atomic mass is 32.2. The molecule has 0 saturated heterocycles. The highest BCUT2D eigenvalue weighted by Crippen LogP contribution is 2.30. The molecule has 1 heterocycles. The summed E-state index contributed by atoms with van der Waals surface area (Å²) in [5.74, 6) is 1.59. The Kier molecular flexibility index (Phi) is 5.32. The smallest absolute Gasteiger partial charge is 0.279 e. The van der Waals surface area contributed by atoms with E-state index in [0.717, 1.165) is 24.2 Å². The lowest BCUT2D eigenvalue weighted by molar-refractivity contribution is 0.0998. The fourth-order valence-corrected chi connectivity index (χ4v) is 5.57. The molecule has 0 bridgehead atoms. The maximum Gasteiger partial charge on any atom is 0.279 e. The molecular weight excluding hydrogens is 425 g/mol. The van der Waals surface area contributed by atoms with E-state index < -0.39 is 15.9 Å². The Morgan fingerprint density at radius 3 is 2.63 bits per heavy atom. The first-order valence-electron chi connectivity index (χ1n) is 9.21. The van der Waals surface area contributed by atoms with E-state index in [1.54, 1.807) is 17.7 Å². The van der Waals surface area contributed by atoms with Gasteiger partial charge in [-0.1, -0.05) is 17.3 Å². The maximum absolute atomic E-state index is 13.5. The second-order valence-electron chi connectivity index (χ2n) is 6.98. The summed E-state index contributed by atoms with van der Waals surface area (Å²) in [5, 5.41) is 0. The lowest BCUT2D eigenvalue weighted by Gasteiger charge is -2.16. The van der Waals surface area contributed by atoms with Crippen molar-refractivity contribution in [2.24, 2.45) is 4.99 Å². The second-order valence-corrected chi connectivity index (χ2v) is 9.99. The normalized spacial score (nSPS) is 14.9. The molecule has 0 radical (unpaired) electrons. The number of carbonyl (C=O) groups is 1. The van der Waals surface area contributed by atoms with E-state index in [0.29, 0.717) is 15.0 Å². The van der Waals surface area contributed by atoms with Gasteiger partial charge in [-0.3, -0.25) is 4.79 Å². The van der Waals surface area contributed by atoms with Gasteiger partial charge < -0.3 is 4.57 Å². The van der Waals surface area contributed by atoms with Crippen LogP contribution < -0.4 is 4.80 Å². The van der Waals surface area contributed by atoms with Gasteiger partial charge in [-0.05, 0) is 55.3 Å². The Balaban J connectivity index is 1.68. The van der Waals surface area contributed by atoms with Crippen molar-refractivity contribution >= 4 is 37.5 Å². The molecule has 1 amide bonds. The van der Waals surface area contributed by atoms with Crippen molar-refractivity contribution < 1.29 is 17.6 Å². The summed E-state index contributed by atoms with van der Waals surface area (Å²) in [6.07, 6.45) is 7.16. The number of sulfonamides is 1. The van der Waals surface area contributed by atoms with Gasteiger partial charge in [-0.2, -0.15) is 9.30 Å². The van der Waals surface area contributed by atoms with Crippen LogP contribution in [0.3, 0.4) is 0 Å². The molecule has 0 N–H and O–H groups in total. The minimum absolute atomic E-state index is 0.0516. The fourth-order valence-electron chi connectivity index (χ4n) is 3.10. The van der Waals surface area contributed by atoms with Gasteiger partial charge in [-0.25, -0.2) is 12.8 Å². The number of carbonyl (C=O) groups excluding carboxylic acids is 1. The molecule has 4 rings (SSSR count). The minimum atomic E-state index is -3.58. The number of hydrogen-bond donors (Lipinski definition) is 0. The molecular formula is C21H18FN3O3S2. The van der Waals surface area contributed by atoms with Crippen LogP contribution in [0, 0.1) is 18.2 Å². The first kappa shape index (κ1) is 20.5. The third-order valence-corrected chi connectivity index (χ3v) is 7.90. The molecule has 2 aromatic carbocycles. The van der Waals surface area contributed by atoms with Crippen LogP contribution in [0.2, 0.25) is 0 Å². The largest absolute Gasteiger partial charge is 0.305 e. The van der Waals surface area contributed by atoms with Gasteiger partial charge in [0.1, 0.15) is 5.82 Å². The summed E-state index contributed by atoms with van der Waals surface area (Å²) in [6.45, 7) is 0.183. The number of rotatable bonds is 5. The summed E-state index contributed by atoms with van der Waals surface area (Å²) in [6, 6.07) is 10.0. The predicted octanol–water partition coefficient (Wildman–Crippen LogP) is 3.00. The van der Waals surface area contributed by atoms with Gasteiger partial charge in [0.25, 0.3) is 5.91 Å². The summed E-state index contributed by atoms with van der Waals surface area (Å²) in [4.78, 5) is 17.3. The molecule has 154 valence electrons. The van der Waals surface area contributed by atoms with E-state index in [9.17, 15) is 17.6 Å². The number of terminal acetylenes is 1. The zero-order valence-electron chi connectivity index (χ0n) is 16.1. The van der Waals surface area contributed by atoms with Gasteiger partial charge >= 0.3 is 0 Å². The molecule has 1 aromatic heterocycles. The molecule has 6 nitrogen and oxygen atoms in total. The summed E-state index contributed by atoms with van der Waals surface area (Å²) >= 11 is 1.16. The molecule has 1 aliphatic carbocycles. The molecule has 0 unspecified atom stereocenters. The van der Waals surface area contributed by atoms with Crippen LogP contribution >= 0.6 is 11.3 Å². The van der Waals surface area contributed by atoms with Crippen molar-refractivity contribution in [2.75, 3.05) is 7.05 Å². The van der Waals surface area contributed by atoms with Crippen molar-refractivity contribution in [3.05, 3.63) is 58.6 Å². The van der Waals surface area contributed by atoms with Gasteiger partial charge in [0.2, 0.25) is 10.0 Å². The van der Waals surface area contributed by atoms with Crippen LogP contribution in [-0.4, -0.2) is 36.3 Å². The van der Waals surface area contributed by atoms with Gasteiger partial charge in [0.15, 0.2) is 4.80 Å². The molecule has 0 aliphatic heterocycles.